The first-order chi connectivity index (χ1) is 8.54. The molecule has 0 radical (unpaired) electrons. The fourth-order valence-electron chi connectivity index (χ4n) is 2.92. The lowest BCUT2D eigenvalue weighted by Gasteiger charge is -2.28. The summed E-state index contributed by atoms with van der Waals surface area (Å²) >= 11 is 0. The molecule has 0 spiro atoms. The topological polar surface area (TPSA) is 66.4 Å². The Morgan fingerprint density at radius 1 is 1.28 bits per heavy atom. The number of amides is 1. The van der Waals surface area contributed by atoms with Gasteiger partial charge in [0, 0.05) is 11.5 Å². The monoisotopic (exact) mass is 255 g/mol. The molecule has 4 nitrogen and oxygen atoms in total. The molecule has 104 valence electrons. The summed E-state index contributed by atoms with van der Waals surface area (Å²) in [6.07, 6.45) is 6.61. The van der Waals surface area contributed by atoms with Gasteiger partial charge in [-0.25, -0.2) is 0 Å². The van der Waals surface area contributed by atoms with E-state index in [2.05, 4.69) is 12.2 Å². The maximum absolute atomic E-state index is 12.4. The molecule has 1 saturated carbocycles. The molecule has 0 aromatic heterocycles. The Hall–Kier alpha value is -1.06. The minimum absolute atomic E-state index is 0.0272. The number of carbonyl (C=O) groups is 2. The molecule has 0 saturated heterocycles. The van der Waals surface area contributed by atoms with Crippen LogP contribution in [0.25, 0.3) is 0 Å². The Morgan fingerprint density at radius 3 is 2.33 bits per heavy atom. The van der Waals surface area contributed by atoms with E-state index in [4.69, 9.17) is 5.11 Å². The maximum Gasteiger partial charge on any atom is 0.305 e. The van der Waals surface area contributed by atoms with Crippen molar-refractivity contribution in [2.75, 3.05) is 0 Å². The van der Waals surface area contributed by atoms with Crippen LogP contribution in [-0.2, 0) is 9.59 Å². The number of hydrogen-bond acceptors (Lipinski definition) is 2. The molecule has 1 amide bonds. The predicted octanol–water partition coefficient (Wildman–Crippen LogP) is 2.72. The summed E-state index contributed by atoms with van der Waals surface area (Å²) in [6, 6.07) is -0.218. The van der Waals surface area contributed by atoms with Crippen LogP contribution in [0.15, 0.2) is 0 Å². The minimum Gasteiger partial charge on any atom is -0.481 e. The SMILES string of the molecule is CCCC(CC(=O)O)NC(=O)C1(CC)CCCC1. The summed E-state index contributed by atoms with van der Waals surface area (Å²) in [4.78, 5) is 23.1. The molecule has 0 bridgehead atoms. The molecule has 1 aliphatic carbocycles. The minimum atomic E-state index is -0.842. The first kappa shape index (κ1) is 15.0. The molecule has 1 atom stereocenters. The van der Waals surface area contributed by atoms with E-state index in [1.54, 1.807) is 0 Å². The van der Waals surface area contributed by atoms with Crippen LogP contribution in [0.3, 0.4) is 0 Å². The lowest BCUT2D eigenvalue weighted by molar-refractivity contribution is -0.138. The summed E-state index contributed by atoms with van der Waals surface area (Å²) in [7, 11) is 0. The predicted molar refractivity (Wildman–Crippen MR) is 70.3 cm³/mol. The lowest BCUT2D eigenvalue weighted by atomic mass is 9.82. The lowest BCUT2D eigenvalue weighted by Crippen LogP contribution is -2.45. The number of rotatable bonds is 7. The van der Waals surface area contributed by atoms with Gasteiger partial charge in [0.1, 0.15) is 0 Å². The van der Waals surface area contributed by atoms with Crippen molar-refractivity contribution in [3.63, 3.8) is 0 Å². The van der Waals surface area contributed by atoms with Crippen molar-refractivity contribution >= 4 is 11.9 Å². The van der Waals surface area contributed by atoms with Gasteiger partial charge in [0.2, 0.25) is 5.91 Å². The third-order valence-corrected chi connectivity index (χ3v) is 4.11. The second-order valence-electron chi connectivity index (χ2n) is 5.40. The van der Waals surface area contributed by atoms with E-state index in [1.807, 2.05) is 6.92 Å². The molecule has 0 aliphatic heterocycles. The molecule has 0 aromatic rings. The van der Waals surface area contributed by atoms with E-state index in [0.29, 0.717) is 0 Å². The van der Waals surface area contributed by atoms with Gasteiger partial charge in [0.05, 0.1) is 6.42 Å². The fraction of sp³-hybridized carbons (Fsp3) is 0.857. The van der Waals surface area contributed by atoms with E-state index in [9.17, 15) is 9.59 Å². The van der Waals surface area contributed by atoms with Gasteiger partial charge in [0.15, 0.2) is 0 Å². The van der Waals surface area contributed by atoms with Gasteiger partial charge in [-0.05, 0) is 25.7 Å². The smallest absolute Gasteiger partial charge is 0.305 e. The van der Waals surface area contributed by atoms with Gasteiger partial charge < -0.3 is 10.4 Å². The highest BCUT2D eigenvalue weighted by Crippen LogP contribution is 2.41. The molecule has 1 rings (SSSR count). The molecular weight excluding hydrogens is 230 g/mol. The van der Waals surface area contributed by atoms with Crippen LogP contribution in [-0.4, -0.2) is 23.0 Å². The van der Waals surface area contributed by atoms with E-state index >= 15 is 0 Å². The third-order valence-electron chi connectivity index (χ3n) is 4.11. The maximum atomic E-state index is 12.4. The fourth-order valence-corrected chi connectivity index (χ4v) is 2.92. The average molecular weight is 255 g/mol. The molecule has 1 unspecified atom stereocenters. The summed E-state index contributed by atoms with van der Waals surface area (Å²) in [6.45, 7) is 4.06. The zero-order valence-electron chi connectivity index (χ0n) is 11.5. The Balaban J connectivity index is 2.61. The number of carboxylic acids is 1. The van der Waals surface area contributed by atoms with Crippen molar-refractivity contribution < 1.29 is 14.7 Å². The third kappa shape index (κ3) is 3.72. The molecule has 4 heteroatoms. The van der Waals surface area contributed by atoms with E-state index < -0.39 is 5.97 Å². The molecule has 2 N–H and O–H groups in total. The molecular formula is C14H25NO3. The number of hydrogen-bond donors (Lipinski definition) is 2. The van der Waals surface area contributed by atoms with Gasteiger partial charge in [-0.1, -0.05) is 33.1 Å². The van der Waals surface area contributed by atoms with Crippen molar-refractivity contribution in [3.8, 4) is 0 Å². The van der Waals surface area contributed by atoms with E-state index in [0.717, 1.165) is 44.9 Å². The van der Waals surface area contributed by atoms with Crippen LogP contribution in [0, 0.1) is 5.41 Å². The van der Waals surface area contributed by atoms with Crippen LogP contribution in [0.1, 0.15) is 65.2 Å². The first-order valence-corrected chi connectivity index (χ1v) is 7.07. The molecule has 0 heterocycles. The highest BCUT2D eigenvalue weighted by molar-refractivity contribution is 5.83. The summed E-state index contributed by atoms with van der Waals surface area (Å²) in [5.74, 6) is -0.770. The number of aliphatic carboxylic acids is 1. The van der Waals surface area contributed by atoms with Gasteiger partial charge in [-0.15, -0.1) is 0 Å². The zero-order valence-corrected chi connectivity index (χ0v) is 11.5. The zero-order chi connectivity index (χ0) is 13.6. The molecule has 18 heavy (non-hydrogen) atoms. The summed E-state index contributed by atoms with van der Waals surface area (Å²) < 4.78 is 0. The van der Waals surface area contributed by atoms with Gasteiger partial charge >= 0.3 is 5.97 Å². The highest BCUT2D eigenvalue weighted by Gasteiger charge is 2.39. The second kappa shape index (κ2) is 6.76. The van der Waals surface area contributed by atoms with Gasteiger partial charge in [-0.3, -0.25) is 9.59 Å². The van der Waals surface area contributed by atoms with Crippen molar-refractivity contribution in [2.24, 2.45) is 5.41 Å². The van der Waals surface area contributed by atoms with Crippen molar-refractivity contribution in [3.05, 3.63) is 0 Å². The quantitative estimate of drug-likeness (QED) is 0.735. The van der Waals surface area contributed by atoms with Crippen molar-refractivity contribution in [1.29, 1.82) is 0 Å². The number of carbonyl (C=O) groups excluding carboxylic acids is 1. The number of carboxylic acid groups (broad SMARTS) is 1. The summed E-state index contributed by atoms with van der Waals surface area (Å²) in [5.41, 5.74) is -0.232. The number of nitrogens with one attached hydrogen (secondary N) is 1. The Kier molecular flexibility index (Phi) is 5.63. The Labute approximate surface area is 109 Å². The van der Waals surface area contributed by atoms with Crippen LogP contribution >= 0.6 is 0 Å². The highest BCUT2D eigenvalue weighted by atomic mass is 16.4. The molecule has 1 fully saturated rings. The van der Waals surface area contributed by atoms with Gasteiger partial charge in [0.25, 0.3) is 0 Å². The van der Waals surface area contributed by atoms with E-state index in [1.165, 1.54) is 0 Å². The van der Waals surface area contributed by atoms with Crippen LogP contribution in [0.4, 0.5) is 0 Å². The molecule has 0 aromatic carbocycles. The largest absolute Gasteiger partial charge is 0.481 e. The van der Waals surface area contributed by atoms with Crippen LogP contribution < -0.4 is 5.32 Å². The Bertz CT molecular complexity index is 295. The van der Waals surface area contributed by atoms with Gasteiger partial charge in [-0.2, -0.15) is 0 Å². The van der Waals surface area contributed by atoms with Crippen molar-refractivity contribution in [1.82, 2.24) is 5.32 Å². The van der Waals surface area contributed by atoms with E-state index in [-0.39, 0.29) is 23.8 Å². The molecule has 1 aliphatic rings. The first-order valence-electron chi connectivity index (χ1n) is 7.07. The normalized spacial score (nSPS) is 19.4. The van der Waals surface area contributed by atoms with Crippen LogP contribution in [0.5, 0.6) is 0 Å². The van der Waals surface area contributed by atoms with Crippen LogP contribution in [0.2, 0.25) is 0 Å². The van der Waals surface area contributed by atoms with Crippen molar-refractivity contribution in [2.45, 2.75) is 71.3 Å². The standard InChI is InChI=1S/C14H25NO3/c1-3-7-11(10-12(16)17)15-13(18)14(4-2)8-5-6-9-14/h11H,3-10H2,1-2H3,(H,15,18)(H,16,17). The Morgan fingerprint density at radius 2 is 1.89 bits per heavy atom. The average Bonchev–Trinajstić information content (AvgIpc) is 2.78. The second-order valence-corrected chi connectivity index (χ2v) is 5.40. The summed E-state index contributed by atoms with van der Waals surface area (Å²) in [5, 5.41) is 11.8.